The summed E-state index contributed by atoms with van der Waals surface area (Å²) in [6.45, 7) is 5.85. The van der Waals surface area contributed by atoms with Crippen molar-refractivity contribution in [2.24, 2.45) is 0 Å². The van der Waals surface area contributed by atoms with Crippen molar-refractivity contribution in [3.8, 4) is 11.6 Å². The third-order valence-corrected chi connectivity index (χ3v) is 3.20. The van der Waals surface area contributed by atoms with Crippen LogP contribution < -0.4 is 10.1 Å². The molecule has 0 atom stereocenters. The number of hydrogen-bond acceptors (Lipinski definition) is 3. The van der Waals surface area contributed by atoms with E-state index in [-0.39, 0.29) is 0 Å². The molecule has 0 unspecified atom stereocenters. The zero-order chi connectivity index (χ0) is 14.4. The molecule has 3 nitrogen and oxygen atoms in total. The molecule has 0 saturated heterocycles. The van der Waals surface area contributed by atoms with Gasteiger partial charge in [-0.05, 0) is 43.7 Å². The first-order valence-corrected chi connectivity index (χ1v) is 7.17. The van der Waals surface area contributed by atoms with Gasteiger partial charge in [0.25, 0.3) is 0 Å². The molecule has 0 aliphatic carbocycles. The number of nitrogens with one attached hydrogen (secondary N) is 1. The average Bonchev–Trinajstić information content (AvgIpc) is 2.45. The van der Waals surface area contributed by atoms with Crippen molar-refractivity contribution in [2.75, 3.05) is 6.54 Å². The Morgan fingerprint density at radius 3 is 2.95 bits per heavy atom. The Labute approximate surface area is 124 Å². The molecule has 0 saturated carbocycles. The fourth-order valence-corrected chi connectivity index (χ4v) is 2.00. The van der Waals surface area contributed by atoms with Gasteiger partial charge in [0, 0.05) is 18.3 Å². The molecule has 1 N–H and O–H groups in total. The predicted octanol–water partition coefficient (Wildman–Crippen LogP) is 4.34. The second-order valence-electron chi connectivity index (χ2n) is 4.68. The minimum Gasteiger partial charge on any atom is -0.437 e. The van der Waals surface area contributed by atoms with Gasteiger partial charge in [-0.2, -0.15) is 0 Å². The monoisotopic (exact) mass is 290 g/mol. The summed E-state index contributed by atoms with van der Waals surface area (Å²) in [5.74, 6) is 1.24. The van der Waals surface area contributed by atoms with Crippen LogP contribution in [0.25, 0.3) is 0 Å². The first-order valence-electron chi connectivity index (χ1n) is 6.79. The highest BCUT2D eigenvalue weighted by atomic mass is 35.5. The van der Waals surface area contributed by atoms with Gasteiger partial charge in [0.2, 0.25) is 5.88 Å². The minimum absolute atomic E-state index is 0.591. The molecule has 0 aliphatic heterocycles. The van der Waals surface area contributed by atoms with Crippen LogP contribution in [0.3, 0.4) is 0 Å². The van der Waals surface area contributed by atoms with E-state index in [0.29, 0.717) is 16.7 Å². The van der Waals surface area contributed by atoms with Crippen LogP contribution in [0.2, 0.25) is 5.02 Å². The van der Waals surface area contributed by atoms with E-state index >= 15 is 0 Å². The highest BCUT2D eigenvalue weighted by Gasteiger charge is 2.08. The van der Waals surface area contributed by atoms with Crippen molar-refractivity contribution in [2.45, 2.75) is 26.8 Å². The van der Waals surface area contributed by atoms with Crippen molar-refractivity contribution in [1.29, 1.82) is 0 Å². The van der Waals surface area contributed by atoms with Gasteiger partial charge in [-0.25, -0.2) is 4.98 Å². The average molecular weight is 291 g/mol. The van der Waals surface area contributed by atoms with Crippen molar-refractivity contribution >= 4 is 11.6 Å². The molecule has 0 radical (unpaired) electrons. The van der Waals surface area contributed by atoms with E-state index in [2.05, 4.69) is 17.2 Å². The summed E-state index contributed by atoms with van der Waals surface area (Å²) < 4.78 is 5.87. The van der Waals surface area contributed by atoms with Gasteiger partial charge in [-0.15, -0.1) is 0 Å². The zero-order valence-corrected chi connectivity index (χ0v) is 12.6. The lowest BCUT2D eigenvalue weighted by atomic mass is 10.2. The van der Waals surface area contributed by atoms with Crippen LogP contribution in [0, 0.1) is 6.92 Å². The zero-order valence-electron chi connectivity index (χ0n) is 11.8. The van der Waals surface area contributed by atoms with Gasteiger partial charge in [0.15, 0.2) is 0 Å². The number of halogens is 1. The molecule has 0 aliphatic rings. The molecular formula is C16H19ClN2O. The van der Waals surface area contributed by atoms with Gasteiger partial charge in [-0.1, -0.05) is 30.7 Å². The molecular weight excluding hydrogens is 272 g/mol. The van der Waals surface area contributed by atoms with Crippen LogP contribution in [-0.4, -0.2) is 11.5 Å². The molecule has 1 aromatic heterocycles. The predicted molar refractivity (Wildman–Crippen MR) is 82.5 cm³/mol. The molecule has 0 bridgehead atoms. The number of aryl methyl sites for hydroxylation is 1. The molecule has 1 aromatic carbocycles. The van der Waals surface area contributed by atoms with Crippen LogP contribution in [-0.2, 0) is 6.54 Å². The Hall–Kier alpha value is -1.58. The second kappa shape index (κ2) is 7.27. The van der Waals surface area contributed by atoms with Gasteiger partial charge in [0.1, 0.15) is 5.75 Å². The van der Waals surface area contributed by atoms with Crippen molar-refractivity contribution < 1.29 is 4.74 Å². The Morgan fingerprint density at radius 1 is 1.30 bits per heavy atom. The van der Waals surface area contributed by atoms with E-state index in [9.17, 15) is 0 Å². The number of pyridine rings is 1. The molecule has 0 fully saturated rings. The molecule has 0 spiro atoms. The Kier molecular flexibility index (Phi) is 5.39. The minimum atomic E-state index is 0.591. The maximum Gasteiger partial charge on any atom is 0.223 e. The van der Waals surface area contributed by atoms with Gasteiger partial charge >= 0.3 is 0 Å². The molecule has 106 valence electrons. The largest absolute Gasteiger partial charge is 0.437 e. The quantitative estimate of drug-likeness (QED) is 0.804. The van der Waals surface area contributed by atoms with Crippen LogP contribution in [0.15, 0.2) is 36.5 Å². The van der Waals surface area contributed by atoms with Crippen LogP contribution in [0.5, 0.6) is 11.6 Å². The summed E-state index contributed by atoms with van der Waals surface area (Å²) in [4.78, 5) is 4.30. The first-order chi connectivity index (χ1) is 9.70. The molecule has 0 amide bonds. The number of nitrogens with zero attached hydrogens (tertiary/aromatic N) is 1. The normalized spacial score (nSPS) is 10.6. The summed E-state index contributed by atoms with van der Waals surface area (Å²) in [5.41, 5.74) is 2.13. The molecule has 1 heterocycles. The maximum absolute atomic E-state index is 6.16. The van der Waals surface area contributed by atoms with Crippen LogP contribution in [0.1, 0.15) is 24.5 Å². The molecule has 2 aromatic rings. The number of hydrogen-bond donors (Lipinski definition) is 1. The summed E-state index contributed by atoms with van der Waals surface area (Å²) in [6, 6.07) is 9.63. The fourth-order valence-electron chi connectivity index (χ4n) is 1.84. The lowest BCUT2D eigenvalue weighted by Gasteiger charge is -2.12. The van der Waals surface area contributed by atoms with Gasteiger partial charge in [-0.3, -0.25) is 0 Å². The van der Waals surface area contributed by atoms with Crippen molar-refractivity contribution in [3.63, 3.8) is 0 Å². The van der Waals surface area contributed by atoms with Crippen molar-refractivity contribution in [3.05, 3.63) is 52.7 Å². The van der Waals surface area contributed by atoms with E-state index in [1.54, 1.807) is 6.20 Å². The third kappa shape index (κ3) is 3.95. The van der Waals surface area contributed by atoms with E-state index in [1.807, 2.05) is 37.3 Å². The number of rotatable bonds is 6. The third-order valence-electron chi connectivity index (χ3n) is 2.89. The Bertz CT molecular complexity index is 572. The van der Waals surface area contributed by atoms with E-state index < -0.39 is 0 Å². The van der Waals surface area contributed by atoms with E-state index in [1.165, 1.54) is 0 Å². The lowest BCUT2D eigenvalue weighted by molar-refractivity contribution is 0.452. The van der Waals surface area contributed by atoms with E-state index in [0.717, 1.165) is 30.6 Å². The Morgan fingerprint density at radius 2 is 2.15 bits per heavy atom. The summed E-state index contributed by atoms with van der Waals surface area (Å²) in [6.07, 6.45) is 2.82. The highest BCUT2D eigenvalue weighted by Crippen LogP contribution is 2.30. The first kappa shape index (κ1) is 14.8. The van der Waals surface area contributed by atoms with E-state index in [4.69, 9.17) is 16.3 Å². The highest BCUT2D eigenvalue weighted by molar-refractivity contribution is 6.32. The van der Waals surface area contributed by atoms with Crippen molar-refractivity contribution in [1.82, 2.24) is 10.3 Å². The summed E-state index contributed by atoms with van der Waals surface area (Å²) >= 11 is 6.16. The molecule has 20 heavy (non-hydrogen) atoms. The lowest BCUT2D eigenvalue weighted by Crippen LogP contribution is -2.14. The second-order valence-corrected chi connectivity index (χ2v) is 5.09. The van der Waals surface area contributed by atoms with Crippen LogP contribution >= 0.6 is 11.6 Å². The molecule has 4 heteroatoms. The topological polar surface area (TPSA) is 34.2 Å². The summed E-state index contributed by atoms with van der Waals surface area (Å²) in [5, 5.41) is 3.94. The van der Waals surface area contributed by atoms with Gasteiger partial charge in [0.05, 0.1) is 5.02 Å². The number of benzene rings is 1. The SMILES string of the molecule is CCCNCc1cccnc1Oc1cc(C)ccc1Cl. The number of aromatic nitrogens is 1. The number of ether oxygens (including phenoxy) is 1. The smallest absolute Gasteiger partial charge is 0.223 e. The van der Waals surface area contributed by atoms with Crippen LogP contribution in [0.4, 0.5) is 0 Å². The Balaban J connectivity index is 2.18. The maximum atomic E-state index is 6.16. The standard InChI is InChI=1S/C16H19ClN2O/c1-3-8-18-11-13-5-4-9-19-16(13)20-15-10-12(2)6-7-14(15)17/h4-7,9-10,18H,3,8,11H2,1-2H3. The summed E-state index contributed by atoms with van der Waals surface area (Å²) in [7, 11) is 0. The molecule has 2 rings (SSSR count). The van der Waals surface area contributed by atoms with Gasteiger partial charge < -0.3 is 10.1 Å². The fraction of sp³-hybridized carbons (Fsp3) is 0.312.